The van der Waals surface area contributed by atoms with E-state index < -0.39 is 6.02 Å². The molecule has 186 valence electrons. The van der Waals surface area contributed by atoms with Crippen molar-refractivity contribution in [3.63, 3.8) is 0 Å². The van der Waals surface area contributed by atoms with Gasteiger partial charge in [-0.3, -0.25) is 9.97 Å². The lowest BCUT2D eigenvalue weighted by Gasteiger charge is -2.24. The van der Waals surface area contributed by atoms with Gasteiger partial charge in [-0.1, -0.05) is 60.8 Å². The molecule has 5 N–H and O–H groups in total. The zero-order chi connectivity index (χ0) is 26.7. The van der Waals surface area contributed by atoms with Gasteiger partial charge in [0.1, 0.15) is 0 Å². The first kappa shape index (κ1) is 23.2. The molecule has 7 nitrogen and oxygen atoms in total. The highest BCUT2D eigenvalue weighted by molar-refractivity contribution is 6.35. The topological polar surface area (TPSA) is 85.9 Å². The normalized spacial score (nSPS) is 15.4. The minimum absolute atomic E-state index is 0.0302. The maximum atomic E-state index is 9.53. The molecule has 0 amide bonds. The molecule has 5 rings (SSSR count). The summed E-state index contributed by atoms with van der Waals surface area (Å²) in [7, 11) is 0. The van der Waals surface area contributed by atoms with Gasteiger partial charge in [0.15, 0.2) is 0 Å². The van der Waals surface area contributed by atoms with Crippen molar-refractivity contribution >= 4 is 33.9 Å². The number of anilines is 2. The van der Waals surface area contributed by atoms with E-state index in [2.05, 4.69) is 62.0 Å². The van der Waals surface area contributed by atoms with E-state index in [0.717, 1.165) is 28.8 Å². The number of rotatable bonds is 8. The van der Waals surface area contributed by atoms with Crippen LogP contribution in [-0.4, -0.2) is 9.97 Å². The van der Waals surface area contributed by atoms with E-state index in [-0.39, 0.29) is 6.04 Å². The van der Waals surface area contributed by atoms with Crippen molar-refractivity contribution in [2.75, 3.05) is 10.6 Å². The Balaban J connectivity index is 1.63. The second-order valence-corrected chi connectivity index (χ2v) is 9.06. The molecule has 0 saturated carbocycles. The predicted molar refractivity (Wildman–Crippen MR) is 151 cm³/mol. The molecular weight excluding hydrogens is 482 g/mol. The van der Waals surface area contributed by atoms with Gasteiger partial charge in [-0.15, -0.1) is 6.42 Å². The van der Waals surface area contributed by atoms with Gasteiger partial charge in [0.05, 0.1) is 40.9 Å². The predicted octanol–water partition coefficient (Wildman–Crippen LogP) is 5.74. The standard InChI is InChI=1S/C29H28ClN7/c1-4-19-16-32-28-23(27(19)35-25(5-2)20-10-7-6-8-11-20)14-21(15-24(28)30)34-29(26-17-33-37-36-26)22-12-9-13-31-18(22)3/h1,6-17,25,29,33-34,36-37H,5H2,2-3H3,(H,32,35)/t25-,29-/m1/s1/i29D. The number of terminal acetylenes is 1. The van der Waals surface area contributed by atoms with Gasteiger partial charge >= 0.3 is 0 Å². The van der Waals surface area contributed by atoms with E-state index in [1.807, 2.05) is 43.3 Å². The molecule has 0 unspecified atom stereocenters. The number of fused-ring (bicyclic) bond motifs is 1. The third-order valence-electron chi connectivity index (χ3n) is 6.31. The van der Waals surface area contributed by atoms with E-state index >= 15 is 0 Å². The summed E-state index contributed by atoms with van der Waals surface area (Å²) in [4.78, 5) is 8.97. The number of hydrogen-bond acceptors (Lipinski definition) is 7. The number of hydrazine groups is 2. The molecule has 0 spiro atoms. The molecule has 1 aliphatic rings. The van der Waals surface area contributed by atoms with Crippen LogP contribution in [0.1, 0.15) is 49.2 Å². The van der Waals surface area contributed by atoms with Crippen LogP contribution in [0.3, 0.4) is 0 Å². The second-order valence-electron chi connectivity index (χ2n) is 8.65. The van der Waals surface area contributed by atoms with Gasteiger partial charge < -0.3 is 21.5 Å². The van der Waals surface area contributed by atoms with Crippen molar-refractivity contribution in [2.24, 2.45) is 0 Å². The largest absolute Gasteiger partial charge is 0.377 e. The molecule has 2 atom stereocenters. The number of hydrogen-bond donors (Lipinski definition) is 5. The molecule has 2 aromatic carbocycles. The van der Waals surface area contributed by atoms with Gasteiger partial charge in [0.25, 0.3) is 0 Å². The summed E-state index contributed by atoms with van der Waals surface area (Å²) in [6, 6.07) is 16.2. The first-order valence-electron chi connectivity index (χ1n) is 12.5. The number of nitrogens with one attached hydrogen (secondary N) is 5. The lowest BCUT2D eigenvalue weighted by Crippen LogP contribution is -2.34. The van der Waals surface area contributed by atoms with Gasteiger partial charge in [0.2, 0.25) is 0 Å². The molecule has 2 aromatic heterocycles. The van der Waals surface area contributed by atoms with Crippen LogP contribution in [-0.2, 0) is 0 Å². The van der Waals surface area contributed by atoms with Crippen LogP contribution in [0.2, 0.25) is 5.02 Å². The van der Waals surface area contributed by atoms with Gasteiger partial charge in [-0.25, -0.2) is 0 Å². The van der Waals surface area contributed by atoms with Crippen molar-refractivity contribution in [1.29, 1.82) is 0 Å². The van der Waals surface area contributed by atoms with Crippen molar-refractivity contribution in [3.8, 4) is 12.3 Å². The maximum Gasteiger partial charge on any atom is 0.0961 e. The zero-order valence-electron chi connectivity index (χ0n) is 21.6. The SMILES string of the molecule is [2H][C@](Nc1cc(Cl)c2ncc(C#C)c(N[C@H](CC)c3ccccc3)c2c1)(C1=CNNN1)c1cccnc1C. The summed E-state index contributed by atoms with van der Waals surface area (Å²) < 4.78 is 9.53. The fourth-order valence-electron chi connectivity index (χ4n) is 4.43. The van der Waals surface area contributed by atoms with Crippen molar-refractivity contribution < 1.29 is 1.37 Å². The Hall–Kier alpha value is -4.25. The van der Waals surface area contributed by atoms with Crippen LogP contribution < -0.4 is 27.0 Å². The van der Waals surface area contributed by atoms with Crippen molar-refractivity contribution in [1.82, 2.24) is 26.4 Å². The lowest BCUT2D eigenvalue weighted by molar-refractivity contribution is 0.582. The molecule has 3 heterocycles. The van der Waals surface area contributed by atoms with Crippen LogP contribution in [0.25, 0.3) is 10.9 Å². The third-order valence-corrected chi connectivity index (χ3v) is 6.60. The van der Waals surface area contributed by atoms with Crippen LogP contribution in [0.4, 0.5) is 11.4 Å². The fraction of sp³-hybridized carbons (Fsp3) is 0.172. The summed E-state index contributed by atoms with van der Waals surface area (Å²) in [5.41, 5.74) is 14.5. The quantitative estimate of drug-likeness (QED) is 0.193. The summed E-state index contributed by atoms with van der Waals surface area (Å²) >= 11 is 6.77. The Morgan fingerprint density at radius 1 is 1.14 bits per heavy atom. The smallest absolute Gasteiger partial charge is 0.0961 e. The van der Waals surface area contributed by atoms with Crippen LogP contribution in [0, 0.1) is 19.3 Å². The molecular formula is C29H28ClN7. The van der Waals surface area contributed by atoms with Crippen LogP contribution >= 0.6 is 11.6 Å². The van der Waals surface area contributed by atoms with E-state index in [0.29, 0.717) is 33.1 Å². The van der Waals surface area contributed by atoms with Gasteiger partial charge in [0, 0.05) is 40.9 Å². The fourth-order valence-corrected chi connectivity index (χ4v) is 4.70. The first-order chi connectivity index (χ1) is 18.4. The summed E-state index contributed by atoms with van der Waals surface area (Å²) in [5, 5.41) is 8.23. The molecule has 0 bridgehead atoms. The Kier molecular flexibility index (Phi) is 6.76. The summed E-state index contributed by atoms with van der Waals surface area (Å²) in [5.74, 6) is 2.76. The summed E-state index contributed by atoms with van der Waals surface area (Å²) in [6.07, 6.45) is 11.8. The Morgan fingerprint density at radius 3 is 2.68 bits per heavy atom. The highest BCUT2D eigenvalue weighted by Crippen LogP contribution is 2.37. The molecule has 0 radical (unpaired) electrons. The minimum atomic E-state index is -1.41. The monoisotopic (exact) mass is 510 g/mol. The van der Waals surface area contributed by atoms with Crippen LogP contribution in [0.5, 0.6) is 0 Å². The number of nitrogens with zero attached hydrogens (tertiary/aromatic N) is 2. The van der Waals surface area contributed by atoms with Crippen molar-refractivity contribution in [2.45, 2.75) is 32.3 Å². The van der Waals surface area contributed by atoms with Gasteiger partial charge in [-0.2, -0.15) is 5.53 Å². The number of benzene rings is 2. The molecule has 1 aliphatic heterocycles. The van der Waals surface area contributed by atoms with Gasteiger partial charge in [-0.05, 0) is 37.1 Å². The number of halogens is 1. The van der Waals surface area contributed by atoms with Crippen LogP contribution in [0.15, 0.2) is 78.9 Å². The molecule has 0 fully saturated rings. The Labute approximate surface area is 223 Å². The highest BCUT2D eigenvalue weighted by Gasteiger charge is 2.23. The first-order valence-corrected chi connectivity index (χ1v) is 12.4. The average molecular weight is 511 g/mol. The molecule has 0 saturated heterocycles. The lowest BCUT2D eigenvalue weighted by atomic mass is 10.0. The van der Waals surface area contributed by atoms with E-state index in [1.165, 1.54) is 0 Å². The zero-order valence-corrected chi connectivity index (χ0v) is 21.3. The second kappa shape index (κ2) is 10.8. The Morgan fingerprint density at radius 2 is 1.97 bits per heavy atom. The van der Waals surface area contributed by atoms with E-state index in [9.17, 15) is 1.37 Å². The molecule has 0 aliphatic carbocycles. The summed E-state index contributed by atoms with van der Waals surface area (Å²) in [6.45, 7) is 4.00. The van der Waals surface area contributed by atoms with Crippen molar-refractivity contribution in [3.05, 3.63) is 106 Å². The molecule has 8 heteroatoms. The highest BCUT2D eigenvalue weighted by atomic mass is 35.5. The van der Waals surface area contributed by atoms with E-state index in [4.69, 9.17) is 18.0 Å². The average Bonchev–Trinajstić information content (AvgIpc) is 3.48. The minimum Gasteiger partial charge on any atom is -0.377 e. The number of aromatic nitrogens is 2. The maximum absolute atomic E-state index is 9.53. The Bertz CT molecular complexity index is 1550. The third kappa shape index (κ3) is 5.03. The molecule has 4 aromatic rings. The molecule has 37 heavy (non-hydrogen) atoms. The van der Waals surface area contributed by atoms with E-state index in [1.54, 1.807) is 24.7 Å². The number of pyridine rings is 2. The number of aryl methyl sites for hydroxylation is 1.